The molecule has 0 unspecified atom stereocenters. The Balaban J connectivity index is 1.53. The maximum absolute atomic E-state index is 13.5. The average Bonchev–Trinajstić information content (AvgIpc) is 3.38. The molecule has 7 nitrogen and oxygen atoms in total. The van der Waals surface area contributed by atoms with E-state index in [0.717, 1.165) is 75.1 Å². The molecule has 37 heavy (non-hydrogen) atoms. The van der Waals surface area contributed by atoms with Crippen LogP contribution in [0.5, 0.6) is 0 Å². The van der Waals surface area contributed by atoms with Crippen molar-refractivity contribution in [2.24, 2.45) is 0 Å². The molecule has 2 fully saturated rings. The lowest BCUT2D eigenvalue weighted by atomic mass is 10.0. The lowest BCUT2D eigenvalue weighted by molar-refractivity contribution is -0.145. The van der Waals surface area contributed by atoms with E-state index >= 15 is 0 Å². The molecule has 1 atom stereocenters. The van der Waals surface area contributed by atoms with Crippen molar-refractivity contribution in [3.8, 4) is 6.07 Å². The second-order valence-corrected chi connectivity index (χ2v) is 10.3. The zero-order chi connectivity index (χ0) is 27.4. The first-order valence-electron chi connectivity index (χ1n) is 12.5. The molecule has 0 saturated carbocycles. The van der Waals surface area contributed by atoms with Crippen LogP contribution >= 0.6 is 12.2 Å². The number of hydrogen-bond acceptors (Lipinski definition) is 6. The second-order valence-electron chi connectivity index (χ2n) is 9.96. The van der Waals surface area contributed by atoms with Gasteiger partial charge in [-0.2, -0.15) is 18.4 Å². The number of halogens is 3. The number of carbonyl (C=O) groups is 2. The molecular formula is C26H33F3N4O3S. The molecule has 0 aliphatic carbocycles. The predicted octanol–water partition coefficient (Wildman–Crippen LogP) is 4.88. The number of nitrogens with zero attached hydrogens (tertiary/aromatic N) is 4. The topological polar surface area (TPSA) is 76.9 Å². The van der Waals surface area contributed by atoms with E-state index < -0.39 is 28.7 Å². The van der Waals surface area contributed by atoms with Gasteiger partial charge < -0.3 is 9.64 Å². The summed E-state index contributed by atoms with van der Waals surface area (Å²) in [5.74, 6) is -0.568. The number of nitriles is 1. The first-order chi connectivity index (χ1) is 17.4. The molecule has 11 heteroatoms. The number of rotatable bonds is 10. The van der Waals surface area contributed by atoms with Crippen LogP contribution in [0.2, 0.25) is 0 Å². The highest BCUT2D eigenvalue weighted by molar-refractivity contribution is 7.80. The molecule has 1 aromatic rings. The number of methoxy groups -OCH3 is 1. The Morgan fingerprint density at radius 3 is 2.46 bits per heavy atom. The summed E-state index contributed by atoms with van der Waals surface area (Å²) < 4.78 is 45.3. The highest BCUT2D eigenvalue weighted by atomic mass is 32.1. The summed E-state index contributed by atoms with van der Waals surface area (Å²) in [5, 5.41) is 9.22. The molecule has 0 spiro atoms. The highest BCUT2D eigenvalue weighted by Crippen LogP contribution is 2.38. The second kappa shape index (κ2) is 11.8. The van der Waals surface area contributed by atoms with Gasteiger partial charge in [0.1, 0.15) is 11.6 Å². The van der Waals surface area contributed by atoms with Crippen LogP contribution in [0, 0.1) is 11.3 Å². The number of amides is 1. The number of carbonyl (C=O) groups excluding carboxylic acids is 2. The SMILES string of the molecule is COC(=O)[C@@H]1CCCN1CCCCCCCN1C(=S)N(c2ccc(C#N)c(C(F)(F)F)c2)C(=O)C1(C)C. The fraction of sp³-hybridized carbons (Fsp3) is 0.615. The van der Waals surface area contributed by atoms with Crippen LogP contribution in [0.4, 0.5) is 18.9 Å². The molecule has 2 saturated heterocycles. The van der Waals surface area contributed by atoms with Crippen LogP contribution in [-0.4, -0.2) is 65.1 Å². The Morgan fingerprint density at radius 1 is 1.19 bits per heavy atom. The van der Waals surface area contributed by atoms with Crippen molar-refractivity contribution in [2.45, 2.75) is 76.6 Å². The number of ether oxygens (including phenoxy) is 1. The van der Waals surface area contributed by atoms with Gasteiger partial charge in [-0.3, -0.25) is 19.4 Å². The minimum Gasteiger partial charge on any atom is -0.468 e. The zero-order valence-electron chi connectivity index (χ0n) is 21.4. The zero-order valence-corrected chi connectivity index (χ0v) is 22.3. The molecule has 0 bridgehead atoms. The molecule has 1 amide bonds. The molecule has 2 aliphatic rings. The fourth-order valence-electron chi connectivity index (χ4n) is 5.05. The van der Waals surface area contributed by atoms with E-state index in [1.54, 1.807) is 24.8 Å². The Hall–Kier alpha value is -2.71. The number of alkyl halides is 3. The van der Waals surface area contributed by atoms with Gasteiger partial charge in [-0.1, -0.05) is 19.3 Å². The van der Waals surface area contributed by atoms with Crippen LogP contribution in [0.3, 0.4) is 0 Å². The monoisotopic (exact) mass is 538 g/mol. The lowest BCUT2D eigenvalue weighted by Gasteiger charge is -2.29. The number of esters is 1. The van der Waals surface area contributed by atoms with Crippen LogP contribution in [0.15, 0.2) is 18.2 Å². The van der Waals surface area contributed by atoms with Crippen molar-refractivity contribution in [3.63, 3.8) is 0 Å². The van der Waals surface area contributed by atoms with Gasteiger partial charge in [-0.15, -0.1) is 0 Å². The number of anilines is 1. The molecule has 202 valence electrons. The Bertz CT molecular complexity index is 1070. The molecule has 3 rings (SSSR count). The smallest absolute Gasteiger partial charge is 0.417 e. The Kier molecular flexibility index (Phi) is 9.18. The molecular weight excluding hydrogens is 505 g/mol. The normalized spacial score (nSPS) is 20.0. The standard InChI is InChI=1S/C26H33F3N4O3S/c1-25(2)23(35)33(19-12-11-18(17-30)20(16-19)26(27,28)29)24(37)32(25)15-8-6-4-5-7-13-31-14-9-10-21(31)22(34)36-3/h11-12,16,21H,4-10,13-15H2,1-3H3/t21-/m0/s1. The number of unbranched alkanes of at least 4 members (excludes halogenated alkanes) is 4. The molecule has 1 aromatic carbocycles. The van der Waals surface area contributed by atoms with Crippen molar-refractivity contribution in [3.05, 3.63) is 29.3 Å². The van der Waals surface area contributed by atoms with Gasteiger partial charge in [0.2, 0.25) is 0 Å². The van der Waals surface area contributed by atoms with Gasteiger partial charge in [-0.05, 0) is 83.0 Å². The molecule has 0 aromatic heterocycles. The molecule has 0 radical (unpaired) electrons. The van der Waals surface area contributed by atoms with Gasteiger partial charge in [0.25, 0.3) is 5.91 Å². The maximum atomic E-state index is 13.5. The third-order valence-corrected chi connectivity index (χ3v) is 7.58. The highest BCUT2D eigenvalue weighted by Gasteiger charge is 2.49. The molecule has 2 heterocycles. The van der Waals surface area contributed by atoms with E-state index in [9.17, 15) is 22.8 Å². The number of likely N-dealkylation sites (tertiary alicyclic amines) is 1. The van der Waals surface area contributed by atoms with E-state index in [4.69, 9.17) is 22.2 Å². The van der Waals surface area contributed by atoms with E-state index in [2.05, 4.69) is 4.90 Å². The van der Waals surface area contributed by atoms with E-state index in [0.29, 0.717) is 6.54 Å². The summed E-state index contributed by atoms with van der Waals surface area (Å²) in [6, 6.07) is 4.62. The van der Waals surface area contributed by atoms with Gasteiger partial charge in [0.15, 0.2) is 5.11 Å². The fourth-order valence-corrected chi connectivity index (χ4v) is 5.56. The van der Waals surface area contributed by atoms with Crippen molar-refractivity contribution < 1.29 is 27.5 Å². The van der Waals surface area contributed by atoms with Crippen molar-refractivity contribution in [1.29, 1.82) is 5.26 Å². The minimum atomic E-state index is -4.73. The van der Waals surface area contributed by atoms with E-state index in [-0.39, 0.29) is 22.8 Å². The molecule has 2 aliphatic heterocycles. The average molecular weight is 539 g/mol. The summed E-state index contributed by atoms with van der Waals surface area (Å²) in [6.07, 6.45) is 1.78. The number of benzene rings is 1. The van der Waals surface area contributed by atoms with Crippen LogP contribution in [-0.2, 0) is 20.5 Å². The van der Waals surface area contributed by atoms with Crippen LogP contribution in [0.1, 0.15) is 69.9 Å². The third kappa shape index (κ3) is 6.24. The van der Waals surface area contributed by atoms with Gasteiger partial charge in [0, 0.05) is 6.54 Å². The largest absolute Gasteiger partial charge is 0.468 e. The molecule has 0 N–H and O–H groups in total. The Morgan fingerprint density at radius 2 is 1.84 bits per heavy atom. The quantitative estimate of drug-likeness (QED) is 0.239. The number of thiocarbonyl (C=S) groups is 1. The summed E-state index contributed by atoms with van der Waals surface area (Å²) in [7, 11) is 1.42. The van der Waals surface area contributed by atoms with Crippen LogP contribution in [0.25, 0.3) is 0 Å². The van der Waals surface area contributed by atoms with Crippen molar-refractivity contribution in [2.75, 3.05) is 31.6 Å². The lowest BCUT2D eigenvalue weighted by Crippen LogP contribution is -2.44. The minimum absolute atomic E-state index is 0.00377. The van der Waals surface area contributed by atoms with Gasteiger partial charge in [-0.25, -0.2) is 0 Å². The van der Waals surface area contributed by atoms with E-state index in [1.165, 1.54) is 13.2 Å². The van der Waals surface area contributed by atoms with Gasteiger partial charge in [0.05, 0.1) is 30.0 Å². The van der Waals surface area contributed by atoms with Crippen molar-refractivity contribution >= 4 is 34.9 Å². The predicted molar refractivity (Wildman–Crippen MR) is 137 cm³/mol. The summed E-state index contributed by atoms with van der Waals surface area (Å²) >= 11 is 5.53. The summed E-state index contributed by atoms with van der Waals surface area (Å²) in [4.78, 5) is 30.1. The summed E-state index contributed by atoms with van der Waals surface area (Å²) in [6.45, 7) is 5.70. The van der Waals surface area contributed by atoms with Crippen molar-refractivity contribution in [1.82, 2.24) is 9.80 Å². The first-order valence-corrected chi connectivity index (χ1v) is 12.9. The van der Waals surface area contributed by atoms with Gasteiger partial charge >= 0.3 is 12.1 Å². The maximum Gasteiger partial charge on any atom is 0.417 e. The first kappa shape index (κ1) is 28.9. The third-order valence-electron chi connectivity index (χ3n) is 7.17. The summed E-state index contributed by atoms with van der Waals surface area (Å²) in [5.41, 5.74) is -2.59. The number of hydrogen-bond donors (Lipinski definition) is 0. The Labute approximate surface area is 221 Å². The van der Waals surface area contributed by atoms with Crippen LogP contribution < -0.4 is 4.90 Å². The van der Waals surface area contributed by atoms with E-state index in [1.807, 2.05) is 0 Å².